The Morgan fingerprint density at radius 1 is 1.18 bits per heavy atom. The van der Waals surface area contributed by atoms with E-state index in [1.807, 2.05) is 0 Å². The molecule has 3 heteroatoms. The van der Waals surface area contributed by atoms with Crippen LogP contribution in [-0.2, 0) is 9.47 Å². The fourth-order valence-electron chi connectivity index (χ4n) is 2.80. The standard InChI is InChI=1S/C14H27NO2/c1-10-5-6-12(17-10)13-11(7-8-16-13)9-15-14(2,3)4/h10-13,15H,5-9H2,1-4H3. The van der Waals surface area contributed by atoms with Gasteiger partial charge in [0.1, 0.15) is 0 Å². The number of nitrogens with one attached hydrogen (secondary N) is 1. The van der Waals surface area contributed by atoms with E-state index in [1.54, 1.807) is 0 Å². The largest absolute Gasteiger partial charge is 0.375 e. The van der Waals surface area contributed by atoms with Crippen LogP contribution >= 0.6 is 0 Å². The van der Waals surface area contributed by atoms with E-state index in [9.17, 15) is 0 Å². The Labute approximate surface area is 105 Å². The summed E-state index contributed by atoms with van der Waals surface area (Å²) in [7, 11) is 0. The van der Waals surface area contributed by atoms with Gasteiger partial charge in [-0.3, -0.25) is 0 Å². The van der Waals surface area contributed by atoms with E-state index in [2.05, 4.69) is 33.0 Å². The number of hydrogen-bond acceptors (Lipinski definition) is 3. The van der Waals surface area contributed by atoms with Crippen LogP contribution in [0.25, 0.3) is 0 Å². The van der Waals surface area contributed by atoms with Crippen LogP contribution in [0.4, 0.5) is 0 Å². The van der Waals surface area contributed by atoms with Crippen molar-refractivity contribution in [3.8, 4) is 0 Å². The van der Waals surface area contributed by atoms with Crippen LogP contribution in [0.5, 0.6) is 0 Å². The van der Waals surface area contributed by atoms with Crippen molar-refractivity contribution in [1.82, 2.24) is 5.32 Å². The lowest BCUT2D eigenvalue weighted by molar-refractivity contribution is -0.0535. The van der Waals surface area contributed by atoms with Crippen molar-refractivity contribution in [1.29, 1.82) is 0 Å². The zero-order chi connectivity index (χ0) is 12.5. The zero-order valence-corrected chi connectivity index (χ0v) is 11.7. The minimum atomic E-state index is 0.191. The molecule has 0 aromatic carbocycles. The average molecular weight is 241 g/mol. The molecule has 0 aliphatic carbocycles. The number of rotatable bonds is 3. The second kappa shape index (κ2) is 5.25. The fraction of sp³-hybridized carbons (Fsp3) is 1.00. The monoisotopic (exact) mass is 241 g/mol. The van der Waals surface area contributed by atoms with Crippen LogP contribution in [0.1, 0.15) is 47.0 Å². The average Bonchev–Trinajstić information content (AvgIpc) is 2.81. The van der Waals surface area contributed by atoms with E-state index in [1.165, 1.54) is 12.8 Å². The predicted molar refractivity (Wildman–Crippen MR) is 69.2 cm³/mol. The smallest absolute Gasteiger partial charge is 0.0877 e. The topological polar surface area (TPSA) is 30.5 Å². The quantitative estimate of drug-likeness (QED) is 0.822. The highest BCUT2D eigenvalue weighted by Crippen LogP contribution is 2.32. The molecule has 4 unspecified atom stereocenters. The molecule has 2 aliphatic heterocycles. The van der Waals surface area contributed by atoms with Gasteiger partial charge in [-0.05, 0) is 47.0 Å². The lowest BCUT2D eigenvalue weighted by atomic mass is 9.94. The molecule has 3 nitrogen and oxygen atoms in total. The molecule has 2 saturated heterocycles. The van der Waals surface area contributed by atoms with Gasteiger partial charge in [-0.1, -0.05) is 0 Å². The highest BCUT2D eigenvalue weighted by Gasteiger charge is 2.38. The minimum absolute atomic E-state index is 0.191. The van der Waals surface area contributed by atoms with Gasteiger partial charge in [0.15, 0.2) is 0 Å². The summed E-state index contributed by atoms with van der Waals surface area (Å²) in [6.07, 6.45) is 4.58. The molecule has 0 saturated carbocycles. The first-order valence-electron chi connectivity index (χ1n) is 6.98. The lowest BCUT2D eigenvalue weighted by Gasteiger charge is -2.28. The summed E-state index contributed by atoms with van der Waals surface area (Å²) in [5, 5.41) is 3.59. The van der Waals surface area contributed by atoms with Crippen LogP contribution in [-0.4, -0.2) is 37.0 Å². The van der Waals surface area contributed by atoms with Gasteiger partial charge in [0.05, 0.1) is 18.3 Å². The molecule has 0 amide bonds. The summed E-state index contributed by atoms with van der Waals surface area (Å²) in [6.45, 7) is 10.7. The highest BCUT2D eigenvalue weighted by molar-refractivity contribution is 4.89. The summed E-state index contributed by atoms with van der Waals surface area (Å²) in [5.41, 5.74) is 0.191. The molecule has 0 radical (unpaired) electrons. The van der Waals surface area contributed by atoms with Crippen molar-refractivity contribution in [2.45, 2.75) is 70.8 Å². The second-order valence-corrected chi connectivity index (χ2v) is 6.58. The summed E-state index contributed by atoms with van der Waals surface area (Å²) in [6, 6.07) is 0. The predicted octanol–water partition coefficient (Wildman–Crippen LogP) is 2.35. The molecule has 1 N–H and O–H groups in total. The Kier molecular flexibility index (Phi) is 4.11. The molecule has 0 spiro atoms. The van der Waals surface area contributed by atoms with Gasteiger partial charge in [0.2, 0.25) is 0 Å². The Bertz CT molecular complexity index is 249. The molecule has 0 aromatic heterocycles. The Morgan fingerprint density at radius 2 is 1.94 bits per heavy atom. The molecule has 2 heterocycles. The van der Waals surface area contributed by atoms with Crippen LogP contribution < -0.4 is 5.32 Å². The summed E-state index contributed by atoms with van der Waals surface area (Å²) in [5.74, 6) is 0.615. The van der Waals surface area contributed by atoms with Crippen molar-refractivity contribution >= 4 is 0 Å². The maximum atomic E-state index is 5.95. The molecule has 17 heavy (non-hydrogen) atoms. The van der Waals surface area contributed by atoms with Crippen LogP contribution in [0.3, 0.4) is 0 Å². The summed E-state index contributed by atoms with van der Waals surface area (Å²) >= 11 is 0. The number of ether oxygens (including phenoxy) is 2. The van der Waals surface area contributed by atoms with Gasteiger partial charge in [-0.2, -0.15) is 0 Å². The molecular formula is C14H27NO2. The van der Waals surface area contributed by atoms with Crippen molar-refractivity contribution in [2.75, 3.05) is 13.2 Å². The molecule has 0 bridgehead atoms. The molecule has 2 fully saturated rings. The van der Waals surface area contributed by atoms with Gasteiger partial charge in [-0.25, -0.2) is 0 Å². The Balaban J connectivity index is 1.84. The van der Waals surface area contributed by atoms with Gasteiger partial charge < -0.3 is 14.8 Å². The SMILES string of the molecule is CC1CCC(C2OCCC2CNC(C)(C)C)O1. The van der Waals surface area contributed by atoms with Gasteiger partial charge in [0, 0.05) is 24.6 Å². The zero-order valence-electron chi connectivity index (χ0n) is 11.7. The molecule has 2 rings (SSSR count). The van der Waals surface area contributed by atoms with Crippen molar-refractivity contribution in [3.63, 3.8) is 0 Å². The fourth-order valence-corrected chi connectivity index (χ4v) is 2.80. The maximum Gasteiger partial charge on any atom is 0.0877 e. The van der Waals surface area contributed by atoms with Crippen LogP contribution in [0.15, 0.2) is 0 Å². The maximum absolute atomic E-state index is 5.95. The minimum Gasteiger partial charge on any atom is -0.375 e. The molecule has 100 valence electrons. The lowest BCUT2D eigenvalue weighted by Crippen LogP contribution is -2.43. The summed E-state index contributed by atoms with van der Waals surface area (Å²) in [4.78, 5) is 0. The van der Waals surface area contributed by atoms with E-state index in [0.717, 1.165) is 19.6 Å². The normalized spacial score (nSPS) is 38.8. The van der Waals surface area contributed by atoms with E-state index < -0.39 is 0 Å². The second-order valence-electron chi connectivity index (χ2n) is 6.58. The van der Waals surface area contributed by atoms with Gasteiger partial charge in [0.25, 0.3) is 0 Å². The molecular weight excluding hydrogens is 214 g/mol. The Morgan fingerprint density at radius 3 is 2.53 bits per heavy atom. The van der Waals surface area contributed by atoms with Gasteiger partial charge in [-0.15, -0.1) is 0 Å². The molecule has 4 atom stereocenters. The first-order chi connectivity index (χ1) is 7.96. The van der Waals surface area contributed by atoms with E-state index in [4.69, 9.17) is 9.47 Å². The van der Waals surface area contributed by atoms with Crippen molar-refractivity contribution in [2.24, 2.45) is 5.92 Å². The third kappa shape index (κ3) is 3.67. The number of hydrogen-bond donors (Lipinski definition) is 1. The van der Waals surface area contributed by atoms with E-state index in [-0.39, 0.29) is 5.54 Å². The Hall–Kier alpha value is -0.120. The highest BCUT2D eigenvalue weighted by atomic mass is 16.6. The van der Waals surface area contributed by atoms with E-state index in [0.29, 0.717) is 24.2 Å². The van der Waals surface area contributed by atoms with Gasteiger partial charge >= 0.3 is 0 Å². The summed E-state index contributed by atoms with van der Waals surface area (Å²) < 4.78 is 11.9. The van der Waals surface area contributed by atoms with E-state index >= 15 is 0 Å². The third-order valence-electron chi connectivity index (χ3n) is 3.79. The van der Waals surface area contributed by atoms with Crippen molar-refractivity contribution in [3.05, 3.63) is 0 Å². The first-order valence-corrected chi connectivity index (χ1v) is 6.98. The van der Waals surface area contributed by atoms with Crippen molar-refractivity contribution < 1.29 is 9.47 Å². The van der Waals surface area contributed by atoms with Crippen LogP contribution in [0, 0.1) is 5.92 Å². The first kappa shape index (κ1) is 13.3. The molecule has 0 aromatic rings. The molecule has 2 aliphatic rings. The van der Waals surface area contributed by atoms with Crippen LogP contribution in [0.2, 0.25) is 0 Å². The third-order valence-corrected chi connectivity index (χ3v) is 3.79.